The van der Waals surface area contributed by atoms with Crippen LogP contribution >= 0.6 is 23.4 Å². The zero-order valence-corrected chi connectivity index (χ0v) is 34.7. The molecule has 17 heteroatoms. The Morgan fingerprint density at radius 3 is 2.55 bits per heavy atom. The third kappa shape index (κ3) is 10.1. The highest BCUT2D eigenvalue weighted by Crippen LogP contribution is 2.36. The van der Waals surface area contributed by atoms with E-state index in [1.807, 2.05) is 12.1 Å². The van der Waals surface area contributed by atoms with E-state index in [2.05, 4.69) is 35.7 Å². The number of piperidine rings is 1. The van der Waals surface area contributed by atoms with Crippen LogP contribution in [0.5, 0.6) is 5.75 Å². The van der Waals surface area contributed by atoms with Crippen molar-refractivity contribution in [2.24, 2.45) is 0 Å². The third-order valence-corrected chi connectivity index (χ3v) is 12.2. The Bertz CT molecular complexity index is 2320. The SMILES string of the molecule is COc1cc2ncnc(Nc3ccc(F)c(Cl)c3)c2cc1NC(=O)/C=C/CN1CCN(CCCCCCCSc2cccc3c2C(=O)N(C2CCC(=O)NC2=O)C3=O)CC1. The van der Waals surface area contributed by atoms with Crippen molar-refractivity contribution in [2.45, 2.75) is 55.9 Å². The number of fused-ring (bicyclic) bond motifs is 2. The van der Waals surface area contributed by atoms with Crippen molar-refractivity contribution in [1.29, 1.82) is 0 Å². The van der Waals surface area contributed by atoms with Gasteiger partial charge in [-0.05, 0) is 68.0 Å². The number of nitrogens with zero attached hydrogens (tertiary/aromatic N) is 5. The fraction of sp³-hybridized carbons (Fsp3) is 0.372. The number of amides is 5. The number of unbranched alkanes of at least 4 members (excludes halogenated alkanes) is 4. The number of benzene rings is 3. The minimum atomic E-state index is -0.969. The van der Waals surface area contributed by atoms with E-state index in [1.54, 1.807) is 42.1 Å². The van der Waals surface area contributed by atoms with Crippen LogP contribution in [0.1, 0.15) is 65.7 Å². The van der Waals surface area contributed by atoms with Gasteiger partial charge in [-0.1, -0.05) is 43.0 Å². The van der Waals surface area contributed by atoms with Gasteiger partial charge in [-0.25, -0.2) is 14.4 Å². The van der Waals surface area contributed by atoms with Gasteiger partial charge >= 0.3 is 0 Å². The summed E-state index contributed by atoms with van der Waals surface area (Å²) >= 11 is 7.52. The number of imide groups is 2. The molecule has 1 unspecified atom stereocenters. The monoisotopic (exact) mass is 856 g/mol. The number of piperazine rings is 1. The fourth-order valence-electron chi connectivity index (χ4n) is 7.59. The standard InChI is InChI=1S/C43H46ClFN8O6S/c1-59-35-25-32-29(40(47-26-46-32)48-27-12-13-31(45)30(44)23-27)24-33(35)49-37(54)11-8-17-52-20-18-51(19-21-52)16-5-3-2-4-6-22-60-36-10-7-9-28-39(36)43(58)53(42(28)57)34-14-15-38(55)50-41(34)56/h7-13,23-26,34H,2-6,14-22H2,1H3,(H,49,54)(H,46,47,48)(H,50,55,56)/b11-8+. The number of halogens is 2. The summed E-state index contributed by atoms with van der Waals surface area (Å²) in [6.07, 6.45) is 10.4. The molecule has 7 rings (SSSR count). The first-order chi connectivity index (χ1) is 29.1. The lowest BCUT2D eigenvalue weighted by molar-refractivity contribution is -0.136. The average molecular weight is 857 g/mol. The van der Waals surface area contributed by atoms with E-state index in [9.17, 15) is 28.4 Å². The largest absolute Gasteiger partial charge is 0.494 e. The average Bonchev–Trinajstić information content (AvgIpc) is 3.49. The molecule has 4 heterocycles. The van der Waals surface area contributed by atoms with Crippen LogP contribution in [0.4, 0.5) is 21.6 Å². The molecule has 0 radical (unpaired) electrons. The molecule has 2 fully saturated rings. The lowest BCUT2D eigenvalue weighted by atomic mass is 10.0. The van der Waals surface area contributed by atoms with Crippen molar-refractivity contribution in [1.82, 2.24) is 30.0 Å². The highest BCUT2D eigenvalue weighted by Gasteiger charge is 2.45. The molecule has 0 bridgehead atoms. The van der Waals surface area contributed by atoms with Crippen LogP contribution in [-0.2, 0) is 14.4 Å². The summed E-state index contributed by atoms with van der Waals surface area (Å²) in [5.41, 5.74) is 2.26. The molecule has 0 spiro atoms. The summed E-state index contributed by atoms with van der Waals surface area (Å²) < 4.78 is 19.2. The molecular formula is C43H46ClFN8O6S. The molecule has 1 aromatic heterocycles. The highest BCUT2D eigenvalue weighted by molar-refractivity contribution is 7.99. The van der Waals surface area contributed by atoms with Crippen molar-refractivity contribution >= 4 is 81.0 Å². The van der Waals surface area contributed by atoms with Crippen molar-refractivity contribution < 1.29 is 33.1 Å². The number of ether oxygens (including phenoxy) is 1. The summed E-state index contributed by atoms with van der Waals surface area (Å²) in [6, 6.07) is 12.0. The van der Waals surface area contributed by atoms with E-state index < -0.39 is 35.5 Å². The number of carbonyl (C=O) groups is 5. The number of methoxy groups -OCH3 is 1. The van der Waals surface area contributed by atoms with Crippen LogP contribution < -0.4 is 20.7 Å². The van der Waals surface area contributed by atoms with Crippen LogP contribution in [0.15, 0.2) is 71.9 Å². The molecule has 3 aliphatic rings. The molecule has 4 aromatic rings. The number of rotatable bonds is 17. The van der Waals surface area contributed by atoms with Gasteiger partial charge in [0.15, 0.2) is 0 Å². The highest BCUT2D eigenvalue weighted by atomic mass is 35.5. The zero-order valence-electron chi connectivity index (χ0n) is 33.2. The third-order valence-electron chi connectivity index (χ3n) is 10.8. The van der Waals surface area contributed by atoms with E-state index in [0.29, 0.717) is 51.5 Å². The Labute approximate surface area is 356 Å². The van der Waals surface area contributed by atoms with E-state index in [4.69, 9.17) is 16.3 Å². The van der Waals surface area contributed by atoms with Gasteiger partial charge in [-0.15, -0.1) is 11.8 Å². The van der Waals surface area contributed by atoms with E-state index in [0.717, 1.165) is 80.4 Å². The lowest BCUT2D eigenvalue weighted by Gasteiger charge is -2.34. The summed E-state index contributed by atoms with van der Waals surface area (Å²) in [4.78, 5) is 78.6. The Hall–Kier alpha value is -5.42. The summed E-state index contributed by atoms with van der Waals surface area (Å²) in [5.74, 6) is -1.05. The van der Waals surface area contributed by atoms with Gasteiger partial charge in [0.05, 0.1) is 34.5 Å². The maximum Gasteiger partial charge on any atom is 0.263 e. The predicted octanol–water partition coefficient (Wildman–Crippen LogP) is 6.43. The van der Waals surface area contributed by atoms with Crippen molar-refractivity contribution in [3.05, 3.63) is 89.0 Å². The second-order valence-electron chi connectivity index (χ2n) is 14.8. The van der Waals surface area contributed by atoms with Gasteiger partial charge in [-0.3, -0.25) is 39.1 Å². The molecule has 2 saturated heterocycles. The Kier molecular flexibility index (Phi) is 14.1. The molecule has 314 valence electrons. The van der Waals surface area contributed by atoms with Crippen LogP contribution in [0, 0.1) is 5.82 Å². The van der Waals surface area contributed by atoms with Gasteiger partial charge in [0, 0.05) is 67.3 Å². The van der Waals surface area contributed by atoms with Crippen molar-refractivity contribution in [2.75, 3.05) is 62.8 Å². The molecule has 14 nitrogen and oxygen atoms in total. The molecule has 5 amide bonds. The Morgan fingerprint density at radius 2 is 1.77 bits per heavy atom. The maximum atomic E-state index is 13.7. The van der Waals surface area contributed by atoms with Gasteiger partial charge in [0.1, 0.15) is 29.8 Å². The van der Waals surface area contributed by atoms with Gasteiger partial charge in [-0.2, -0.15) is 0 Å². The lowest BCUT2D eigenvalue weighted by Crippen LogP contribution is -2.54. The fourth-order valence-corrected chi connectivity index (χ4v) is 8.86. The number of nitrogens with one attached hydrogen (secondary N) is 3. The first kappa shape index (κ1) is 42.7. The minimum Gasteiger partial charge on any atom is -0.494 e. The summed E-state index contributed by atoms with van der Waals surface area (Å²) in [7, 11) is 1.52. The van der Waals surface area contributed by atoms with E-state index >= 15 is 0 Å². The first-order valence-corrected chi connectivity index (χ1v) is 21.4. The van der Waals surface area contributed by atoms with Crippen LogP contribution in [0.25, 0.3) is 10.9 Å². The smallest absolute Gasteiger partial charge is 0.263 e. The molecule has 0 aliphatic carbocycles. The van der Waals surface area contributed by atoms with Crippen molar-refractivity contribution in [3.8, 4) is 5.75 Å². The number of thioether (sulfide) groups is 1. The Morgan fingerprint density at radius 1 is 0.983 bits per heavy atom. The van der Waals surface area contributed by atoms with E-state index in [-0.39, 0.29) is 23.8 Å². The van der Waals surface area contributed by atoms with Gasteiger partial charge in [0.25, 0.3) is 11.8 Å². The normalized spacial score (nSPS) is 17.4. The second-order valence-corrected chi connectivity index (χ2v) is 16.4. The summed E-state index contributed by atoms with van der Waals surface area (Å²) in [6.45, 7) is 5.47. The number of hydrogen-bond donors (Lipinski definition) is 3. The molecule has 1 atom stereocenters. The van der Waals surface area contributed by atoms with Crippen molar-refractivity contribution in [3.63, 3.8) is 0 Å². The first-order valence-electron chi connectivity index (χ1n) is 20.0. The second kappa shape index (κ2) is 19.8. The molecule has 3 N–H and O–H groups in total. The predicted molar refractivity (Wildman–Crippen MR) is 228 cm³/mol. The molecule has 3 aliphatic heterocycles. The number of aromatic nitrogens is 2. The number of anilines is 3. The number of carbonyl (C=O) groups excluding carboxylic acids is 5. The van der Waals surface area contributed by atoms with Crippen LogP contribution in [0.3, 0.4) is 0 Å². The number of hydrogen-bond acceptors (Lipinski definition) is 12. The van der Waals surface area contributed by atoms with Gasteiger partial charge in [0.2, 0.25) is 17.7 Å². The quantitative estimate of drug-likeness (QED) is 0.0462. The molecule has 3 aromatic carbocycles. The maximum absolute atomic E-state index is 13.7. The Balaban J connectivity index is 0.786. The zero-order chi connectivity index (χ0) is 42.2. The molecule has 0 saturated carbocycles. The minimum absolute atomic E-state index is 0.0191. The molecule has 60 heavy (non-hydrogen) atoms. The molecular weight excluding hydrogens is 811 g/mol. The van der Waals surface area contributed by atoms with Gasteiger partial charge < -0.3 is 20.3 Å². The van der Waals surface area contributed by atoms with E-state index in [1.165, 1.54) is 31.6 Å². The topological polar surface area (TPSA) is 166 Å². The van der Waals surface area contributed by atoms with Crippen LogP contribution in [0.2, 0.25) is 5.02 Å². The summed E-state index contributed by atoms with van der Waals surface area (Å²) in [5, 5.41) is 8.90. The van der Waals surface area contributed by atoms with Crippen LogP contribution in [-0.4, -0.2) is 112 Å².